The van der Waals surface area contributed by atoms with E-state index in [1.54, 1.807) is 89.3 Å². The Balaban J connectivity index is 1.80. The van der Waals surface area contributed by atoms with E-state index in [1.807, 2.05) is 12.1 Å². The molecule has 1 spiro atoms. The van der Waals surface area contributed by atoms with Gasteiger partial charge in [-0.05, 0) is 70.5 Å². The highest BCUT2D eigenvalue weighted by atomic mass is 35.5. The van der Waals surface area contributed by atoms with Gasteiger partial charge in [0.25, 0.3) is 0 Å². The molecule has 1 aliphatic heterocycles. The number of nitriles is 2. The summed E-state index contributed by atoms with van der Waals surface area (Å²) >= 11 is 6.03. The maximum atomic E-state index is 15.1. The van der Waals surface area contributed by atoms with E-state index in [9.17, 15) is 20.1 Å². The number of rotatable bonds is 7. The van der Waals surface area contributed by atoms with Crippen molar-refractivity contribution in [2.45, 2.75) is 52.1 Å². The fraction of sp³-hybridized carbons (Fsp3) is 0.333. The largest absolute Gasteiger partial charge is 0.463 e. The summed E-state index contributed by atoms with van der Waals surface area (Å²) in [5, 5.41) is 30.9. The first-order valence-electron chi connectivity index (χ1n) is 14.5. The average molecular weight is 640 g/mol. The molecule has 0 saturated heterocycles. The molecule has 1 unspecified atom stereocenters. The van der Waals surface area contributed by atoms with Crippen molar-refractivity contribution < 1.29 is 23.9 Å². The number of aromatic nitrogens is 3. The minimum absolute atomic E-state index is 0.0831. The summed E-state index contributed by atoms with van der Waals surface area (Å²) in [6.07, 6.45) is 1.62. The van der Waals surface area contributed by atoms with Gasteiger partial charge in [-0.25, -0.2) is 14.3 Å². The van der Waals surface area contributed by atoms with Gasteiger partial charge >= 0.3 is 11.9 Å². The van der Waals surface area contributed by atoms with Gasteiger partial charge in [-0.3, -0.25) is 9.79 Å². The number of benzene rings is 2. The Bertz CT molecular complexity index is 1880. The Kier molecular flexibility index (Phi) is 8.28. The molecule has 234 valence electrons. The number of hydrogen-bond donors (Lipinski definition) is 0. The third kappa shape index (κ3) is 4.82. The Morgan fingerprint density at radius 3 is 2.24 bits per heavy atom. The van der Waals surface area contributed by atoms with Crippen molar-refractivity contribution in [1.29, 1.82) is 10.5 Å². The number of para-hydroxylation sites is 1. The molecule has 1 aliphatic carbocycles. The molecule has 2 aromatic carbocycles. The Morgan fingerprint density at radius 1 is 1.00 bits per heavy atom. The monoisotopic (exact) mass is 639 g/mol. The van der Waals surface area contributed by atoms with Crippen LogP contribution in [-0.2, 0) is 35.8 Å². The maximum absolute atomic E-state index is 15.1. The number of nitrogens with zero attached hydrogens (tertiary/aromatic N) is 7. The number of anilines is 1. The molecule has 13 heteroatoms. The first-order valence-corrected chi connectivity index (χ1v) is 14.9. The van der Waals surface area contributed by atoms with E-state index >= 15 is 4.79 Å². The zero-order valence-electron chi connectivity index (χ0n) is 25.9. The van der Waals surface area contributed by atoms with E-state index in [2.05, 4.69) is 15.3 Å². The van der Waals surface area contributed by atoms with Crippen molar-refractivity contribution in [2.75, 3.05) is 18.1 Å². The lowest BCUT2D eigenvalue weighted by atomic mass is 9.60. The smallest absolute Gasteiger partial charge is 0.340 e. The van der Waals surface area contributed by atoms with Crippen molar-refractivity contribution in [2.24, 2.45) is 10.4 Å². The molecule has 1 atom stereocenters. The van der Waals surface area contributed by atoms with Crippen LogP contribution in [0.4, 0.5) is 5.69 Å². The molecule has 0 bridgehead atoms. The molecule has 0 saturated carbocycles. The number of ether oxygens (including phenoxy) is 2. The number of esters is 2. The normalized spacial score (nSPS) is 19.3. The third-order valence-electron chi connectivity index (χ3n) is 7.64. The van der Waals surface area contributed by atoms with Crippen molar-refractivity contribution in [3.8, 4) is 17.8 Å². The second-order valence-corrected chi connectivity index (χ2v) is 12.0. The fourth-order valence-corrected chi connectivity index (χ4v) is 6.09. The minimum atomic E-state index is -2.46. The van der Waals surface area contributed by atoms with Gasteiger partial charge in [-0.2, -0.15) is 10.5 Å². The van der Waals surface area contributed by atoms with Crippen LogP contribution in [0, 0.1) is 28.1 Å². The average Bonchev–Trinajstić information content (AvgIpc) is 3.65. The van der Waals surface area contributed by atoms with E-state index in [1.165, 1.54) is 9.58 Å². The van der Waals surface area contributed by atoms with Gasteiger partial charge in [0.15, 0.2) is 0 Å². The molecule has 2 heterocycles. The number of carbonyl (C=O) groups excluding carboxylic acids is 3. The SMILES string of the molecule is CCOC(=O)C1=C(C(=O)OCC)C2(C(=O)N(Cc3cn(-c4ccc(Cl)cc4)nn3)c3ccccc32)C(C#N)(C#N)C1=NC(C)(C)C. The third-order valence-corrected chi connectivity index (χ3v) is 7.89. The standard InChI is InChI=1S/C33H30ClN7O5/c1-6-45-28(42)25-26(29(43)46-7-2)33(32(18-35,19-36)27(25)37-31(3,4)5)23-10-8-9-11-24(23)40(30(33)44)16-21-17-41(39-38-21)22-14-12-20(34)13-15-22/h8-15,17H,6-7,16H2,1-5H3. The molecule has 0 radical (unpaired) electrons. The summed E-state index contributed by atoms with van der Waals surface area (Å²) in [4.78, 5) is 48.8. The lowest BCUT2D eigenvalue weighted by Gasteiger charge is -2.34. The summed E-state index contributed by atoms with van der Waals surface area (Å²) < 4.78 is 12.3. The van der Waals surface area contributed by atoms with Gasteiger partial charge in [-0.1, -0.05) is 35.0 Å². The van der Waals surface area contributed by atoms with Crippen molar-refractivity contribution in [1.82, 2.24) is 15.0 Å². The van der Waals surface area contributed by atoms with Crippen LogP contribution in [-0.4, -0.2) is 57.3 Å². The topological polar surface area (TPSA) is 164 Å². The molecule has 0 fully saturated rings. The molecule has 2 aliphatic rings. The highest BCUT2D eigenvalue weighted by Crippen LogP contribution is 2.62. The molecular formula is C33H30ClN7O5. The second-order valence-electron chi connectivity index (χ2n) is 11.6. The Hall–Kier alpha value is -5.33. The van der Waals surface area contributed by atoms with Crippen LogP contribution < -0.4 is 4.90 Å². The van der Waals surface area contributed by atoms with Crippen molar-refractivity contribution in [3.05, 3.63) is 82.2 Å². The predicted octanol–water partition coefficient (Wildman–Crippen LogP) is 4.41. The fourth-order valence-electron chi connectivity index (χ4n) is 5.96. The summed E-state index contributed by atoms with van der Waals surface area (Å²) in [5.41, 5.74) is -5.47. The van der Waals surface area contributed by atoms with Crippen LogP contribution >= 0.6 is 11.6 Å². The second kappa shape index (κ2) is 11.9. The molecule has 1 aromatic heterocycles. The van der Waals surface area contributed by atoms with Crippen LogP contribution in [0.15, 0.2) is 70.9 Å². The van der Waals surface area contributed by atoms with Crippen LogP contribution in [0.5, 0.6) is 0 Å². The minimum Gasteiger partial charge on any atom is -0.463 e. The number of amides is 1. The number of carbonyl (C=O) groups is 3. The van der Waals surface area contributed by atoms with Crippen LogP contribution in [0.2, 0.25) is 5.02 Å². The van der Waals surface area contributed by atoms with Gasteiger partial charge in [-0.15, -0.1) is 5.10 Å². The Morgan fingerprint density at radius 2 is 1.63 bits per heavy atom. The van der Waals surface area contributed by atoms with Gasteiger partial charge in [0, 0.05) is 10.7 Å². The van der Waals surface area contributed by atoms with E-state index in [0.717, 1.165) is 0 Å². The molecule has 12 nitrogen and oxygen atoms in total. The van der Waals surface area contributed by atoms with E-state index < -0.39 is 45.4 Å². The van der Waals surface area contributed by atoms with Crippen LogP contribution in [0.3, 0.4) is 0 Å². The molecular weight excluding hydrogens is 610 g/mol. The van der Waals surface area contributed by atoms with Crippen molar-refractivity contribution in [3.63, 3.8) is 0 Å². The Labute approximate surface area is 270 Å². The highest BCUT2D eigenvalue weighted by molar-refractivity contribution is 6.37. The lowest BCUT2D eigenvalue weighted by molar-refractivity contribution is -0.142. The van der Waals surface area contributed by atoms with E-state index in [-0.39, 0.29) is 31.0 Å². The van der Waals surface area contributed by atoms with Gasteiger partial charge in [0.1, 0.15) is 11.1 Å². The predicted molar refractivity (Wildman–Crippen MR) is 167 cm³/mol. The number of halogens is 1. The van der Waals surface area contributed by atoms with E-state index in [0.29, 0.717) is 22.1 Å². The number of hydrogen-bond acceptors (Lipinski definition) is 10. The van der Waals surface area contributed by atoms with Gasteiger partial charge in [0.05, 0.1) is 66.2 Å². The van der Waals surface area contributed by atoms with Gasteiger partial charge < -0.3 is 14.4 Å². The summed E-state index contributed by atoms with van der Waals surface area (Å²) in [6, 6.07) is 17.5. The molecule has 3 aromatic rings. The molecule has 5 rings (SSSR count). The number of fused-ring (bicyclic) bond motifs is 2. The molecule has 0 N–H and O–H groups in total. The first-order chi connectivity index (χ1) is 21.9. The molecule has 1 amide bonds. The van der Waals surface area contributed by atoms with Crippen LogP contribution in [0.25, 0.3) is 5.69 Å². The number of aliphatic imine (C=N–C) groups is 1. The quantitative estimate of drug-likeness (QED) is 0.340. The van der Waals surface area contributed by atoms with E-state index in [4.69, 9.17) is 21.1 Å². The summed E-state index contributed by atoms with van der Waals surface area (Å²) in [7, 11) is 0. The maximum Gasteiger partial charge on any atom is 0.340 e. The van der Waals surface area contributed by atoms with Crippen molar-refractivity contribution >= 4 is 40.8 Å². The molecule has 46 heavy (non-hydrogen) atoms. The summed E-state index contributed by atoms with van der Waals surface area (Å²) in [6.45, 7) is 7.92. The first kappa shape index (κ1) is 32.1. The zero-order valence-corrected chi connectivity index (χ0v) is 26.6. The zero-order chi connectivity index (χ0) is 33.4. The van der Waals surface area contributed by atoms with Gasteiger partial charge in [0.2, 0.25) is 11.3 Å². The summed E-state index contributed by atoms with van der Waals surface area (Å²) in [5.74, 6) is -2.85. The lowest BCUT2D eigenvalue weighted by Crippen LogP contribution is -2.54. The van der Waals surface area contributed by atoms with Crippen LogP contribution in [0.1, 0.15) is 45.9 Å². The highest BCUT2D eigenvalue weighted by Gasteiger charge is 2.76.